The molecule has 0 aromatic heterocycles. The van der Waals surface area contributed by atoms with Gasteiger partial charge in [-0.05, 0) is 23.8 Å². The van der Waals surface area contributed by atoms with Gasteiger partial charge in [0.1, 0.15) is 5.82 Å². The fourth-order valence-electron chi connectivity index (χ4n) is 3.73. The fourth-order valence-corrected chi connectivity index (χ4v) is 3.73. The summed E-state index contributed by atoms with van der Waals surface area (Å²) in [5.41, 5.74) is 3.26. The Morgan fingerprint density at radius 2 is 1.72 bits per heavy atom. The molecule has 0 unspecified atom stereocenters. The molecule has 6 nitrogen and oxygen atoms in total. The van der Waals surface area contributed by atoms with Gasteiger partial charge in [-0.2, -0.15) is 5.10 Å². The minimum atomic E-state index is -0.382. The zero-order valence-corrected chi connectivity index (χ0v) is 16.3. The second-order valence-corrected chi connectivity index (χ2v) is 7.28. The number of benzene rings is 2. The van der Waals surface area contributed by atoms with Crippen molar-refractivity contribution in [2.24, 2.45) is 5.10 Å². The van der Waals surface area contributed by atoms with Crippen LogP contribution in [0.5, 0.6) is 0 Å². The van der Waals surface area contributed by atoms with Crippen LogP contribution in [-0.2, 0) is 9.59 Å². The van der Waals surface area contributed by atoms with E-state index in [9.17, 15) is 14.0 Å². The van der Waals surface area contributed by atoms with Gasteiger partial charge in [0, 0.05) is 39.4 Å². The molecule has 2 aliphatic rings. The lowest BCUT2D eigenvalue weighted by atomic mass is 10.1. The van der Waals surface area contributed by atoms with Crippen molar-refractivity contribution < 1.29 is 14.0 Å². The molecule has 0 aliphatic carbocycles. The number of halogens is 1. The second-order valence-electron chi connectivity index (χ2n) is 7.28. The Morgan fingerprint density at radius 1 is 0.966 bits per heavy atom. The highest BCUT2D eigenvalue weighted by molar-refractivity contribution is 6.03. The summed E-state index contributed by atoms with van der Waals surface area (Å²) < 4.78 is 13.7. The molecule has 0 saturated carbocycles. The average molecular weight is 394 g/mol. The Kier molecular flexibility index (Phi) is 5.29. The van der Waals surface area contributed by atoms with Crippen molar-refractivity contribution in [3.8, 4) is 0 Å². The Labute approximate surface area is 169 Å². The number of hydrogen-bond donors (Lipinski definition) is 0. The van der Waals surface area contributed by atoms with Crippen molar-refractivity contribution in [2.45, 2.75) is 19.3 Å². The van der Waals surface area contributed by atoms with Crippen molar-refractivity contribution in [1.29, 1.82) is 0 Å². The highest BCUT2D eigenvalue weighted by atomic mass is 19.1. The third kappa shape index (κ3) is 3.99. The van der Waals surface area contributed by atoms with E-state index in [1.54, 1.807) is 11.0 Å². The van der Waals surface area contributed by atoms with Crippen LogP contribution in [-0.4, -0.2) is 49.2 Å². The first-order valence-electron chi connectivity index (χ1n) is 9.77. The van der Waals surface area contributed by atoms with E-state index in [2.05, 4.69) is 5.10 Å². The van der Waals surface area contributed by atoms with Crippen molar-refractivity contribution >= 4 is 28.9 Å². The predicted molar refractivity (Wildman–Crippen MR) is 111 cm³/mol. The number of hydrazone groups is 1. The van der Waals surface area contributed by atoms with E-state index in [0.29, 0.717) is 31.7 Å². The lowest BCUT2D eigenvalue weighted by Crippen LogP contribution is -2.43. The van der Waals surface area contributed by atoms with Crippen LogP contribution >= 0.6 is 0 Å². The van der Waals surface area contributed by atoms with Crippen molar-refractivity contribution in [1.82, 2.24) is 5.01 Å². The second kappa shape index (κ2) is 8.03. The number of likely N-dealkylation sites (N-methyl/N-ethyl adjacent to an activating group) is 1. The molecule has 0 spiro atoms. The van der Waals surface area contributed by atoms with Gasteiger partial charge in [0.2, 0.25) is 11.8 Å². The van der Waals surface area contributed by atoms with Gasteiger partial charge < -0.3 is 9.80 Å². The maximum atomic E-state index is 13.7. The molecule has 0 fully saturated rings. The first kappa shape index (κ1) is 19.1. The number of anilines is 2. The summed E-state index contributed by atoms with van der Waals surface area (Å²) in [6, 6.07) is 14.2. The van der Waals surface area contributed by atoms with E-state index in [4.69, 9.17) is 0 Å². The van der Waals surface area contributed by atoms with E-state index in [1.165, 1.54) is 17.1 Å². The van der Waals surface area contributed by atoms with E-state index >= 15 is 0 Å². The molecule has 0 atom stereocenters. The average Bonchev–Trinajstić information content (AvgIpc) is 3.23. The fraction of sp³-hybridized carbons (Fsp3) is 0.318. The highest BCUT2D eigenvalue weighted by Gasteiger charge is 2.27. The Hall–Kier alpha value is -3.22. The standard InChI is InChI=1S/C22H23FN4O2/c1-25-13-14-26(20-15-17(23)7-8-19(20)25)21(28)9-10-22(29)27-12-11-18(24-27)16-5-3-2-4-6-16/h2-8,15H,9-14H2,1H3. The van der Waals surface area contributed by atoms with Crippen molar-refractivity contribution in [2.75, 3.05) is 36.5 Å². The van der Waals surface area contributed by atoms with Crippen LogP contribution in [0.2, 0.25) is 0 Å². The van der Waals surface area contributed by atoms with Crippen molar-refractivity contribution in [3.63, 3.8) is 0 Å². The van der Waals surface area contributed by atoms with Crippen molar-refractivity contribution in [3.05, 3.63) is 59.9 Å². The quantitative estimate of drug-likeness (QED) is 0.801. The minimum absolute atomic E-state index is 0.0746. The molecular weight excluding hydrogens is 371 g/mol. The van der Waals surface area contributed by atoms with Crippen LogP contribution in [0.15, 0.2) is 53.6 Å². The number of hydrogen-bond acceptors (Lipinski definition) is 4. The normalized spacial score (nSPS) is 15.9. The first-order chi connectivity index (χ1) is 14.0. The molecule has 7 heteroatoms. The van der Waals surface area contributed by atoms with Crippen LogP contribution in [0.25, 0.3) is 0 Å². The largest absolute Gasteiger partial charge is 0.371 e. The Bertz CT molecular complexity index is 961. The molecule has 0 N–H and O–H groups in total. The van der Waals surface area contributed by atoms with Gasteiger partial charge in [0.25, 0.3) is 0 Å². The molecule has 2 heterocycles. The molecule has 0 saturated heterocycles. The number of carbonyl (C=O) groups excluding carboxylic acids is 2. The predicted octanol–water partition coefficient (Wildman–Crippen LogP) is 3.03. The summed E-state index contributed by atoms with van der Waals surface area (Å²) in [7, 11) is 1.91. The lowest BCUT2D eigenvalue weighted by Gasteiger charge is -2.35. The van der Waals surface area contributed by atoms with E-state index < -0.39 is 0 Å². The number of amides is 2. The Morgan fingerprint density at radius 3 is 2.52 bits per heavy atom. The summed E-state index contributed by atoms with van der Waals surface area (Å²) in [4.78, 5) is 28.9. The zero-order chi connectivity index (χ0) is 20.4. The molecule has 29 heavy (non-hydrogen) atoms. The summed E-state index contributed by atoms with van der Waals surface area (Å²) in [6.45, 7) is 1.66. The molecule has 2 amide bonds. The van der Waals surface area contributed by atoms with Gasteiger partial charge in [-0.15, -0.1) is 0 Å². The summed E-state index contributed by atoms with van der Waals surface area (Å²) >= 11 is 0. The number of rotatable bonds is 4. The van der Waals surface area contributed by atoms with Gasteiger partial charge in [-0.1, -0.05) is 30.3 Å². The van der Waals surface area contributed by atoms with Gasteiger partial charge in [0.05, 0.1) is 23.6 Å². The summed E-state index contributed by atoms with van der Waals surface area (Å²) in [5.74, 6) is -0.726. The van der Waals surface area contributed by atoms with E-state index in [1.807, 2.05) is 42.3 Å². The molecule has 0 radical (unpaired) electrons. The van der Waals surface area contributed by atoms with Gasteiger partial charge in [-0.25, -0.2) is 9.40 Å². The monoisotopic (exact) mass is 394 g/mol. The molecular formula is C22H23FN4O2. The van der Waals surface area contributed by atoms with Crippen LogP contribution < -0.4 is 9.80 Å². The van der Waals surface area contributed by atoms with Gasteiger partial charge in [-0.3, -0.25) is 9.59 Å². The SMILES string of the molecule is CN1CCN(C(=O)CCC(=O)N2CCC(c3ccccc3)=N2)c2cc(F)ccc21. The highest BCUT2D eigenvalue weighted by Crippen LogP contribution is 2.33. The van der Waals surface area contributed by atoms with Gasteiger partial charge >= 0.3 is 0 Å². The van der Waals surface area contributed by atoms with E-state index in [-0.39, 0.29) is 30.5 Å². The number of carbonyl (C=O) groups is 2. The Balaban J connectivity index is 1.39. The topological polar surface area (TPSA) is 56.2 Å². The molecule has 2 aromatic carbocycles. The number of fused-ring (bicyclic) bond motifs is 1. The number of nitrogens with zero attached hydrogens (tertiary/aromatic N) is 4. The van der Waals surface area contributed by atoms with Crippen LogP contribution in [0.1, 0.15) is 24.8 Å². The van der Waals surface area contributed by atoms with Gasteiger partial charge in [0.15, 0.2) is 0 Å². The summed E-state index contributed by atoms with van der Waals surface area (Å²) in [6.07, 6.45) is 0.862. The summed E-state index contributed by atoms with van der Waals surface area (Å²) in [5, 5.41) is 5.88. The maximum absolute atomic E-state index is 13.7. The smallest absolute Gasteiger partial charge is 0.243 e. The van der Waals surface area contributed by atoms with Crippen LogP contribution in [0.3, 0.4) is 0 Å². The van der Waals surface area contributed by atoms with Crippen LogP contribution in [0, 0.1) is 5.82 Å². The first-order valence-corrected chi connectivity index (χ1v) is 9.77. The third-order valence-electron chi connectivity index (χ3n) is 5.35. The molecule has 2 aromatic rings. The zero-order valence-electron chi connectivity index (χ0n) is 16.3. The van der Waals surface area contributed by atoms with Crippen LogP contribution in [0.4, 0.5) is 15.8 Å². The third-order valence-corrected chi connectivity index (χ3v) is 5.35. The minimum Gasteiger partial charge on any atom is -0.371 e. The molecule has 0 bridgehead atoms. The maximum Gasteiger partial charge on any atom is 0.243 e. The molecule has 4 rings (SSSR count). The van der Waals surface area contributed by atoms with E-state index in [0.717, 1.165) is 17.0 Å². The lowest BCUT2D eigenvalue weighted by molar-refractivity contribution is -0.132. The molecule has 2 aliphatic heterocycles. The molecule has 150 valence electrons.